The van der Waals surface area contributed by atoms with Crippen molar-refractivity contribution >= 4 is 21.6 Å². The molecule has 0 radical (unpaired) electrons. The van der Waals surface area contributed by atoms with E-state index in [4.69, 9.17) is 0 Å². The number of hydrogen-bond donors (Lipinski definition) is 0. The van der Waals surface area contributed by atoms with E-state index in [-0.39, 0.29) is 16.4 Å². The van der Waals surface area contributed by atoms with Crippen LogP contribution in [0.15, 0.2) is 59.5 Å². The lowest BCUT2D eigenvalue weighted by Gasteiger charge is -2.30. The Hall–Kier alpha value is -2.55. The van der Waals surface area contributed by atoms with Gasteiger partial charge in [-0.25, -0.2) is 8.42 Å². The van der Waals surface area contributed by atoms with Gasteiger partial charge in [-0.2, -0.15) is 13.2 Å². The molecule has 0 bridgehead atoms. The van der Waals surface area contributed by atoms with Crippen molar-refractivity contribution in [1.82, 2.24) is 4.90 Å². The van der Waals surface area contributed by atoms with Gasteiger partial charge in [0.25, 0.3) is 15.9 Å². The van der Waals surface area contributed by atoms with Crippen LogP contribution in [0.25, 0.3) is 0 Å². The van der Waals surface area contributed by atoms with E-state index >= 15 is 0 Å². The summed E-state index contributed by atoms with van der Waals surface area (Å²) in [6.07, 6.45) is -2.92. The number of anilines is 1. The van der Waals surface area contributed by atoms with Gasteiger partial charge in [-0.05, 0) is 62.1 Å². The number of hydrogen-bond acceptors (Lipinski definition) is 3. The summed E-state index contributed by atoms with van der Waals surface area (Å²) in [6, 6.07) is 12.9. The molecule has 1 amide bonds. The summed E-state index contributed by atoms with van der Waals surface area (Å²) in [5, 5.41) is 0. The molecule has 0 aromatic heterocycles. The van der Waals surface area contributed by atoms with Crippen LogP contribution in [0, 0.1) is 5.92 Å². The Kier molecular flexibility index (Phi) is 6.12. The van der Waals surface area contributed by atoms with Crippen LogP contribution in [0.1, 0.15) is 30.1 Å². The van der Waals surface area contributed by atoms with Crippen molar-refractivity contribution in [2.45, 2.75) is 36.9 Å². The molecule has 162 valence electrons. The average Bonchev–Trinajstić information content (AvgIpc) is 3.56. The minimum Gasteiger partial charge on any atom is -0.327 e. The molecule has 1 aliphatic carbocycles. The van der Waals surface area contributed by atoms with E-state index in [0.29, 0.717) is 5.69 Å². The molecule has 1 unspecified atom stereocenters. The van der Waals surface area contributed by atoms with Gasteiger partial charge in [-0.1, -0.05) is 18.2 Å². The van der Waals surface area contributed by atoms with Gasteiger partial charge >= 0.3 is 6.18 Å². The van der Waals surface area contributed by atoms with Gasteiger partial charge in [0.15, 0.2) is 0 Å². The van der Waals surface area contributed by atoms with Gasteiger partial charge in [-0.15, -0.1) is 0 Å². The molecule has 0 spiro atoms. The summed E-state index contributed by atoms with van der Waals surface area (Å²) in [6.45, 7) is 0.287. The van der Waals surface area contributed by atoms with Crippen LogP contribution in [0.5, 0.6) is 0 Å². The Balaban J connectivity index is 1.83. The normalized spacial score (nSPS) is 15.5. The average molecular weight is 440 g/mol. The summed E-state index contributed by atoms with van der Waals surface area (Å²) in [5.41, 5.74) is 0.486. The number of nitrogens with zero attached hydrogens (tertiary/aromatic N) is 2. The monoisotopic (exact) mass is 440 g/mol. The molecule has 1 atom stereocenters. The summed E-state index contributed by atoms with van der Waals surface area (Å²) < 4.78 is 65.8. The molecule has 0 heterocycles. The Bertz CT molecular complexity index is 988. The second-order valence-corrected chi connectivity index (χ2v) is 9.43. The molecule has 30 heavy (non-hydrogen) atoms. The fraction of sp³-hybridized carbons (Fsp3) is 0.381. The molecule has 3 rings (SSSR count). The fourth-order valence-corrected chi connectivity index (χ4v) is 4.49. The zero-order chi connectivity index (χ0) is 22.1. The Morgan fingerprint density at radius 2 is 1.63 bits per heavy atom. The standard InChI is InChI=1S/C21H23F3N2O3S/c1-15(16-8-9-16)26(14-21(22,23)24)20(27)17-10-12-19(13-11-17)30(28,29)25(2)18-6-4-3-5-7-18/h3-7,10-13,15-16H,8-9,14H2,1-2H3. The van der Waals surface area contributed by atoms with Gasteiger partial charge in [0.05, 0.1) is 10.6 Å². The molecular weight excluding hydrogens is 417 g/mol. The molecule has 1 saturated carbocycles. The fourth-order valence-electron chi connectivity index (χ4n) is 3.30. The summed E-state index contributed by atoms with van der Waals surface area (Å²) in [7, 11) is -2.47. The van der Waals surface area contributed by atoms with Crippen LogP contribution < -0.4 is 4.31 Å². The zero-order valence-electron chi connectivity index (χ0n) is 16.6. The van der Waals surface area contributed by atoms with Crippen LogP contribution in [0.3, 0.4) is 0 Å². The number of carbonyl (C=O) groups excluding carboxylic acids is 1. The first-order valence-electron chi connectivity index (χ1n) is 9.52. The van der Waals surface area contributed by atoms with Crippen molar-refractivity contribution < 1.29 is 26.4 Å². The SMILES string of the molecule is CC(C1CC1)N(CC(F)(F)F)C(=O)c1ccc(S(=O)(=O)N(C)c2ccccc2)cc1. The number of sulfonamides is 1. The van der Waals surface area contributed by atoms with E-state index in [1.54, 1.807) is 37.3 Å². The van der Waals surface area contributed by atoms with E-state index in [2.05, 4.69) is 0 Å². The van der Waals surface area contributed by atoms with E-state index in [9.17, 15) is 26.4 Å². The molecule has 0 aliphatic heterocycles. The molecule has 2 aromatic carbocycles. The van der Waals surface area contributed by atoms with E-state index in [0.717, 1.165) is 22.0 Å². The highest BCUT2D eigenvalue weighted by Gasteiger charge is 2.40. The molecule has 0 saturated heterocycles. The van der Waals surface area contributed by atoms with Gasteiger partial charge in [0.1, 0.15) is 6.54 Å². The predicted octanol–water partition coefficient (Wildman–Crippen LogP) is 4.31. The maximum atomic E-state index is 13.0. The number of carbonyl (C=O) groups is 1. The van der Waals surface area contributed by atoms with Gasteiger partial charge in [-0.3, -0.25) is 9.10 Å². The third-order valence-electron chi connectivity index (χ3n) is 5.29. The number of halogens is 3. The highest BCUT2D eigenvalue weighted by Crippen LogP contribution is 2.36. The smallest absolute Gasteiger partial charge is 0.327 e. The zero-order valence-corrected chi connectivity index (χ0v) is 17.4. The predicted molar refractivity (Wildman–Crippen MR) is 108 cm³/mol. The Morgan fingerprint density at radius 3 is 2.13 bits per heavy atom. The lowest BCUT2D eigenvalue weighted by molar-refractivity contribution is -0.144. The summed E-state index contributed by atoms with van der Waals surface area (Å²) in [4.78, 5) is 13.6. The molecular formula is C21H23F3N2O3S. The van der Waals surface area contributed by atoms with Crippen molar-refractivity contribution in [1.29, 1.82) is 0 Å². The summed E-state index contributed by atoms with van der Waals surface area (Å²) >= 11 is 0. The minimum absolute atomic E-state index is 0.0214. The van der Waals surface area contributed by atoms with E-state index in [1.165, 1.54) is 31.3 Å². The van der Waals surface area contributed by atoms with Crippen LogP contribution in [0.2, 0.25) is 0 Å². The largest absolute Gasteiger partial charge is 0.406 e. The first kappa shape index (κ1) is 22.1. The number of para-hydroxylation sites is 1. The van der Waals surface area contributed by atoms with Crippen molar-refractivity contribution in [2.75, 3.05) is 17.9 Å². The lowest BCUT2D eigenvalue weighted by atomic mass is 10.1. The molecule has 0 N–H and O–H groups in total. The van der Waals surface area contributed by atoms with Crippen LogP contribution in [0.4, 0.5) is 18.9 Å². The molecule has 1 aliphatic rings. The quantitative estimate of drug-likeness (QED) is 0.645. The second kappa shape index (κ2) is 8.29. The van der Waals surface area contributed by atoms with E-state index < -0.39 is 34.7 Å². The Labute approximate surface area is 174 Å². The third-order valence-corrected chi connectivity index (χ3v) is 7.09. The van der Waals surface area contributed by atoms with Gasteiger partial charge < -0.3 is 4.90 Å². The van der Waals surface area contributed by atoms with Crippen LogP contribution in [-0.4, -0.2) is 45.0 Å². The lowest BCUT2D eigenvalue weighted by Crippen LogP contribution is -2.45. The maximum absolute atomic E-state index is 13.0. The van der Waals surface area contributed by atoms with Crippen molar-refractivity contribution in [2.24, 2.45) is 5.92 Å². The maximum Gasteiger partial charge on any atom is 0.406 e. The number of alkyl halides is 3. The highest BCUT2D eigenvalue weighted by molar-refractivity contribution is 7.92. The van der Waals surface area contributed by atoms with Gasteiger partial charge in [0.2, 0.25) is 0 Å². The molecule has 1 fully saturated rings. The topological polar surface area (TPSA) is 57.7 Å². The number of amides is 1. The number of rotatable bonds is 7. The van der Waals surface area contributed by atoms with Gasteiger partial charge in [0, 0.05) is 18.7 Å². The first-order valence-corrected chi connectivity index (χ1v) is 11.0. The summed E-state index contributed by atoms with van der Waals surface area (Å²) in [5.74, 6) is -0.692. The van der Waals surface area contributed by atoms with Crippen LogP contribution in [-0.2, 0) is 10.0 Å². The molecule has 2 aromatic rings. The highest BCUT2D eigenvalue weighted by atomic mass is 32.2. The minimum atomic E-state index is -4.51. The van der Waals surface area contributed by atoms with Crippen LogP contribution >= 0.6 is 0 Å². The second-order valence-electron chi connectivity index (χ2n) is 7.46. The third kappa shape index (κ3) is 4.95. The van der Waals surface area contributed by atoms with Crippen molar-refractivity contribution in [3.05, 3.63) is 60.2 Å². The first-order chi connectivity index (χ1) is 14.0. The molecule has 5 nitrogen and oxygen atoms in total. The molecule has 9 heteroatoms. The van der Waals surface area contributed by atoms with E-state index in [1.807, 2.05) is 0 Å². The number of benzene rings is 2. The van der Waals surface area contributed by atoms with Crippen molar-refractivity contribution in [3.8, 4) is 0 Å². The Morgan fingerprint density at radius 1 is 1.07 bits per heavy atom. The van der Waals surface area contributed by atoms with Crippen molar-refractivity contribution in [3.63, 3.8) is 0 Å².